The van der Waals surface area contributed by atoms with E-state index in [2.05, 4.69) is 10.3 Å². The van der Waals surface area contributed by atoms with E-state index in [-0.39, 0.29) is 35.4 Å². The van der Waals surface area contributed by atoms with Gasteiger partial charge in [-0.05, 0) is 72.7 Å². The molecule has 218 valence electrons. The Kier molecular flexibility index (Phi) is 9.09. The summed E-state index contributed by atoms with van der Waals surface area (Å²) >= 11 is 0. The van der Waals surface area contributed by atoms with Gasteiger partial charge in [0.15, 0.2) is 0 Å². The largest absolute Gasteiger partial charge is 0.496 e. The molecule has 0 aliphatic heterocycles. The second-order valence-electron chi connectivity index (χ2n) is 9.28. The molecule has 4 aromatic rings. The third kappa shape index (κ3) is 7.22. The standard InChI is InChI=1S/C31H26F4N2O5/c1-3-4-20(30(39)40)14-21-15-23(10-12-25(21)37-29(38)19-6-8-22(32)9-7-19)42-17-18-5-11-26-24(13-18)27(41-2)16-28(36-26)31(33,34)35/h5-16H,3-4,17H2,1-2H3,(H,37,38)(H,39,40)/b20-14+. The van der Waals surface area contributed by atoms with Crippen LogP contribution >= 0.6 is 0 Å². The zero-order valence-corrected chi connectivity index (χ0v) is 22.6. The molecule has 0 unspecified atom stereocenters. The van der Waals surface area contributed by atoms with Gasteiger partial charge in [0.05, 0.1) is 12.6 Å². The van der Waals surface area contributed by atoms with Crippen molar-refractivity contribution in [2.75, 3.05) is 12.4 Å². The highest BCUT2D eigenvalue weighted by Crippen LogP contribution is 2.35. The fraction of sp³-hybridized carbons (Fsp3) is 0.194. The summed E-state index contributed by atoms with van der Waals surface area (Å²) in [7, 11) is 1.27. The van der Waals surface area contributed by atoms with Crippen LogP contribution in [0.1, 0.15) is 46.9 Å². The molecule has 0 fully saturated rings. The van der Waals surface area contributed by atoms with Crippen LogP contribution in [-0.2, 0) is 17.6 Å². The molecule has 42 heavy (non-hydrogen) atoms. The van der Waals surface area contributed by atoms with Gasteiger partial charge in [0, 0.05) is 33.8 Å². The summed E-state index contributed by atoms with van der Waals surface area (Å²) in [6.07, 6.45) is -2.31. The third-order valence-electron chi connectivity index (χ3n) is 6.25. The molecule has 11 heteroatoms. The molecule has 4 rings (SSSR count). The Hall–Kier alpha value is -4.93. The molecule has 0 spiro atoms. The summed E-state index contributed by atoms with van der Waals surface area (Å²) in [5, 5.41) is 12.8. The lowest BCUT2D eigenvalue weighted by Gasteiger charge is -2.14. The van der Waals surface area contributed by atoms with E-state index in [4.69, 9.17) is 9.47 Å². The van der Waals surface area contributed by atoms with E-state index in [1.807, 2.05) is 6.92 Å². The lowest BCUT2D eigenvalue weighted by Crippen LogP contribution is -2.13. The highest BCUT2D eigenvalue weighted by molar-refractivity contribution is 6.05. The van der Waals surface area contributed by atoms with Crippen LogP contribution in [0.2, 0.25) is 0 Å². The van der Waals surface area contributed by atoms with Gasteiger partial charge in [0.1, 0.15) is 29.6 Å². The molecular formula is C31H26F4N2O5. The summed E-state index contributed by atoms with van der Waals surface area (Å²) in [5.74, 6) is -1.75. The van der Waals surface area contributed by atoms with Gasteiger partial charge in [-0.2, -0.15) is 13.2 Å². The van der Waals surface area contributed by atoms with Crippen LogP contribution in [0.15, 0.2) is 72.3 Å². The van der Waals surface area contributed by atoms with Crippen molar-refractivity contribution in [2.24, 2.45) is 0 Å². The molecule has 0 aliphatic rings. The number of methoxy groups -OCH3 is 1. The second-order valence-corrected chi connectivity index (χ2v) is 9.28. The van der Waals surface area contributed by atoms with Crippen LogP contribution in [0.4, 0.5) is 23.2 Å². The number of carboxylic acids is 1. The number of alkyl halides is 3. The van der Waals surface area contributed by atoms with Gasteiger partial charge in [-0.3, -0.25) is 4.79 Å². The summed E-state index contributed by atoms with van der Waals surface area (Å²) in [6.45, 7) is 1.86. The normalized spacial score (nSPS) is 11.8. The van der Waals surface area contributed by atoms with E-state index in [1.54, 1.807) is 30.3 Å². The highest BCUT2D eigenvalue weighted by Gasteiger charge is 2.33. The first-order chi connectivity index (χ1) is 20.0. The molecule has 0 radical (unpaired) electrons. The number of benzene rings is 3. The van der Waals surface area contributed by atoms with E-state index in [0.717, 1.165) is 18.2 Å². The number of hydrogen-bond donors (Lipinski definition) is 2. The first-order valence-electron chi connectivity index (χ1n) is 12.8. The number of ether oxygens (including phenoxy) is 2. The SMILES string of the molecule is CCC/C(=C\c1cc(OCc2ccc3nc(C(F)(F)F)cc(OC)c3c2)ccc1NC(=O)c1ccc(F)cc1)C(=O)O. The zero-order chi connectivity index (χ0) is 30.4. The monoisotopic (exact) mass is 582 g/mol. The topological polar surface area (TPSA) is 97.8 Å². The predicted molar refractivity (Wildman–Crippen MR) is 149 cm³/mol. The van der Waals surface area contributed by atoms with Gasteiger partial charge in [0.2, 0.25) is 0 Å². The van der Waals surface area contributed by atoms with E-state index in [1.165, 1.54) is 31.4 Å². The van der Waals surface area contributed by atoms with Crippen LogP contribution in [0, 0.1) is 5.82 Å². The fourth-order valence-electron chi connectivity index (χ4n) is 4.17. The summed E-state index contributed by atoms with van der Waals surface area (Å²) in [5.41, 5.74) is 0.682. The van der Waals surface area contributed by atoms with Crippen molar-refractivity contribution < 1.29 is 41.7 Å². The van der Waals surface area contributed by atoms with E-state index >= 15 is 0 Å². The van der Waals surface area contributed by atoms with Crippen LogP contribution in [0.25, 0.3) is 17.0 Å². The Balaban J connectivity index is 1.62. The van der Waals surface area contributed by atoms with Crippen molar-refractivity contribution in [3.63, 3.8) is 0 Å². The van der Waals surface area contributed by atoms with Crippen molar-refractivity contribution in [2.45, 2.75) is 32.5 Å². The highest BCUT2D eigenvalue weighted by atomic mass is 19.4. The van der Waals surface area contributed by atoms with Gasteiger partial charge < -0.3 is 19.9 Å². The molecule has 0 aliphatic carbocycles. The maximum Gasteiger partial charge on any atom is 0.433 e. The number of rotatable bonds is 10. The summed E-state index contributed by atoms with van der Waals surface area (Å²) < 4.78 is 64.0. The Morgan fingerprint density at radius 1 is 1.02 bits per heavy atom. The molecule has 3 aromatic carbocycles. The maximum absolute atomic E-state index is 13.3. The number of aromatic nitrogens is 1. The second kappa shape index (κ2) is 12.7. The number of carbonyl (C=O) groups excluding carboxylic acids is 1. The van der Waals surface area contributed by atoms with Gasteiger partial charge >= 0.3 is 12.1 Å². The number of aliphatic carboxylic acids is 1. The van der Waals surface area contributed by atoms with Crippen molar-refractivity contribution in [1.29, 1.82) is 0 Å². The molecule has 0 bridgehead atoms. The predicted octanol–water partition coefficient (Wildman–Crippen LogP) is 7.50. The number of nitrogens with zero attached hydrogens (tertiary/aromatic N) is 1. The molecule has 1 amide bonds. The quantitative estimate of drug-likeness (QED) is 0.148. The summed E-state index contributed by atoms with van der Waals surface area (Å²) in [6, 6.07) is 15.1. The molecule has 1 heterocycles. The van der Waals surface area contributed by atoms with Crippen LogP contribution in [-0.4, -0.2) is 29.1 Å². The summed E-state index contributed by atoms with van der Waals surface area (Å²) in [4.78, 5) is 28.3. The smallest absolute Gasteiger partial charge is 0.433 e. The average molecular weight is 583 g/mol. The zero-order valence-electron chi connectivity index (χ0n) is 22.6. The molecule has 0 atom stereocenters. The minimum atomic E-state index is -4.63. The van der Waals surface area contributed by atoms with Gasteiger partial charge in [0.25, 0.3) is 5.91 Å². The average Bonchev–Trinajstić information content (AvgIpc) is 2.96. The Morgan fingerprint density at radius 3 is 2.40 bits per heavy atom. The van der Waals surface area contributed by atoms with E-state index in [9.17, 15) is 32.3 Å². The van der Waals surface area contributed by atoms with E-state index in [0.29, 0.717) is 34.4 Å². The van der Waals surface area contributed by atoms with Gasteiger partial charge in [-0.15, -0.1) is 0 Å². The Labute approximate surface area is 238 Å². The first kappa shape index (κ1) is 30.0. The Bertz CT molecular complexity index is 1650. The number of carbonyl (C=O) groups is 2. The molecule has 0 saturated carbocycles. The number of pyridine rings is 1. The molecule has 2 N–H and O–H groups in total. The minimum Gasteiger partial charge on any atom is -0.496 e. The third-order valence-corrected chi connectivity index (χ3v) is 6.25. The van der Waals surface area contributed by atoms with Crippen molar-refractivity contribution in [3.8, 4) is 11.5 Å². The maximum atomic E-state index is 13.3. The number of amides is 1. The van der Waals surface area contributed by atoms with Crippen LogP contribution in [0.5, 0.6) is 11.5 Å². The number of hydrogen-bond acceptors (Lipinski definition) is 5. The first-order valence-corrected chi connectivity index (χ1v) is 12.8. The van der Waals surface area contributed by atoms with Crippen LogP contribution < -0.4 is 14.8 Å². The number of nitrogens with one attached hydrogen (secondary N) is 1. The molecule has 1 aromatic heterocycles. The van der Waals surface area contributed by atoms with Gasteiger partial charge in [-0.1, -0.05) is 19.4 Å². The van der Waals surface area contributed by atoms with Crippen molar-refractivity contribution in [3.05, 3.63) is 101 Å². The number of anilines is 1. The number of fused-ring (bicyclic) bond motifs is 1. The van der Waals surface area contributed by atoms with E-state index < -0.39 is 29.6 Å². The minimum absolute atomic E-state index is 0.0139. The lowest BCUT2D eigenvalue weighted by molar-refractivity contribution is -0.141. The number of halogens is 4. The van der Waals surface area contributed by atoms with Crippen LogP contribution in [0.3, 0.4) is 0 Å². The van der Waals surface area contributed by atoms with Gasteiger partial charge in [-0.25, -0.2) is 14.2 Å². The molecule has 0 saturated heterocycles. The molecular weight excluding hydrogens is 556 g/mol. The Morgan fingerprint density at radius 2 is 1.76 bits per heavy atom. The molecule has 7 nitrogen and oxygen atoms in total. The number of carboxylic acid groups (broad SMARTS) is 1. The van der Waals surface area contributed by atoms with Crippen molar-refractivity contribution in [1.82, 2.24) is 4.98 Å². The fourth-order valence-corrected chi connectivity index (χ4v) is 4.17. The van der Waals surface area contributed by atoms with Crippen molar-refractivity contribution >= 4 is 34.5 Å². The lowest BCUT2D eigenvalue weighted by atomic mass is 10.0.